The van der Waals surface area contributed by atoms with Crippen LogP contribution in [0.4, 0.5) is 5.69 Å². The molecule has 1 amide bonds. The van der Waals surface area contributed by atoms with E-state index in [1.54, 1.807) is 38.1 Å². The maximum absolute atomic E-state index is 14.0. The number of para-hydroxylation sites is 1. The first-order valence-corrected chi connectivity index (χ1v) is 15.0. The maximum atomic E-state index is 14.0. The number of carbonyl (C=O) groups is 1. The van der Waals surface area contributed by atoms with E-state index in [0.29, 0.717) is 21.8 Å². The van der Waals surface area contributed by atoms with Gasteiger partial charge in [0, 0.05) is 45.6 Å². The molecule has 0 fully saturated rings. The minimum Gasteiger partial charge on any atom is -0.341 e. The van der Waals surface area contributed by atoms with Gasteiger partial charge in [-0.25, -0.2) is 8.42 Å². The molecule has 1 N–H and O–H groups in total. The molecule has 4 aromatic carbocycles. The molecule has 0 unspecified atom stereocenters. The van der Waals surface area contributed by atoms with E-state index in [0.717, 1.165) is 39.5 Å². The first-order valence-electron chi connectivity index (χ1n) is 13.2. The van der Waals surface area contributed by atoms with Crippen molar-refractivity contribution in [3.8, 4) is 0 Å². The maximum Gasteiger partial charge on any atom is 0.244 e. The minimum atomic E-state index is -4.00. The minimum absolute atomic E-state index is 0.0305. The zero-order valence-electron chi connectivity index (χ0n) is 23.0. The molecule has 0 radical (unpaired) electrons. The van der Waals surface area contributed by atoms with E-state index in [9.17, 15) is 13.2 Å². The van der Waals surface area contributed by atoms with Crippen LogP contribution in [0.1, 0.15) is 29.2 Å². The number of hydrogen-bond acceptors (Lipinski definition) is 3. The van der Waals surface area contributed by atoms with Gasteiger partial charge in [0.15, 0.2) is 0 Å². The van der Waals surface area contributed by atoms with E-state index < -0.39 is 15.9 Å². The lowest BCUT2D eigenvalue weighted by Gasteiger charge is -2.24. The smallest absolute Gasteiger partial charge is 0.244 e. The van der Waals surface area contributed by atoms with Crippen molar-refractivity contribution in [2.45, 2.75) is 45.7 Å². The number of anilines is 1. The second-order valence-electron chi connectivity index (χ2n) is 10.2. The number of aryl methyl sites for hydroxylation is 4. The molecule has 5 aromatic rings. The number of nitrogens with zero attached hydrogens (tertiary/aromatic N) is 2. The fourth-order valence-corrected chi connectivity index (χ4v) is 7.48. The number of halogens is 1. The lowest BCUT2D eigenvalue weighted by molar-refractivity contribution is -0.116. The molecule has 5 rings (SSSR count). The van der Waals surface area contributed by atoms with Gasteiger partial charge in [-0.3, -0.25) is 4.79 Å². The molecular formula is C32H32ClN3O3S. The molecule has 0 atom stereocenters. The van der Waals surface area contributed by atoms with E-state index in [2.05, 4.69) is 28.9 Å². The highest BCUT2D eigenvalue weighted by Gasteiger charge is 2.30. The number of benzene rings is 4. The Labute approximate surface area is 240 Å². The largest absolute Gasteiger partial charge is 0.341 e. The lowest BCUT2D eigenvalue weighted by atomic mass is 10.1. The number of sulfonamides is 1. The molecule has 0 saturated heterocycles. The van der Waals surface area contributed by atoms with Crippen LogP contribution in [0, 0.1) is 20.8 Å². The molecular weight excluding hydrogens is 542 g/mol. The second kappa shape index (κ2) is 11.1. The number of amides is 1. The van der Waals surface area contributed by atoms with Gasteiger partial charge >= 0.3 is 0 Å². The van der Waals surface area contributed by atoms with Gasteiger partial charge in [0.1, 0.15) is 0 Å². The first-order chi connectivity index (χ1) is 19.1. The molecule has 1 heterocycles. The van der Waals surface area contributed by atoms with Crippen LogP contribution in [0.25, 0.3) is 21.8 Å². The fraction of sp³-hybridized carbons (Fsp3) is 0.219. The van der Waals surface area contributed by atoms with Crippen LogP contribution >= 0.6 is 11.6 Å². The summed E-state index contributed by atoms with van der Waals surface area (Å²) in [6, 6.07) is 24.7. The third-order valence-corrected chi connectivity index (χ3v) is 9.52. The number of fused-ring (bicyclic) bond motifs is 3. The summed E-state index contributed by atoms with van der Waals surface area (Å²) in [5.41, 5.74) is 5.84. The van der Waals surface area contributed by atoms with Gasteiger partial charge in [0.05, 0.1) is 11.4 Å². The Kier molecular flexibility index (Phi) is 7.73. The normalized spacial score (nSPS) is 11.9. The van der Waals surface area contributed by atoms with Crippen molar-refractivity contribution < 1.29 is 13.2 Å². The molecule has 1 aromatic heterocycles. The monoisotopic (exact) mass is 573 g/mol. The van der Waals surface area contributed by atoms with Gasteiger partial charge in [-0.2, -0.15) is 4.31 Å². The summed E-state index contributed by atoms with van der Waals surface area (Å²) in [5.74, 6) is -0.418. The topological polar surface area (TPSA) is 71.4 Å². The highest BCUT2D eigenvalue weighted by molar-refractivity contribution is 7.89. The van der Waals surface area contributed by atoms with Gasteiger partial charge in [-0.05, 0) is 80.8 Å². The van der Waals surface area contributed by atoms with E-state index in [1.807, 2.05) is 49.4 Å². The van der Waals surface area contributed by atoms with E-state index in [1.165, 1.54) is 4.31 Å². The zero-order valence-corrected chi connectivity index (χ0v) is 24.6. The second-order valence-corrected chi connectivity index (χ2v) is 12.5. The van der Waals surface area contributed by atoms with Crippen LogP contribution in [-0.4, -0.2) is 29.7 Å². The number of aromatic nitrogens is 1. The molecule has 8 heteroatoms. The molecule has 0 spiro atoms. The van der Waals surface area contributed by atoms with E-state index in [-0.39, 0.29) is 18.0 Å². The molecule has 0 saturated carbocycles. The SMILES string of the molecule is CCn1c2ccccc2c2cc(NC(=O)CN(Cc3ccc(Cl)cc3)S(=O)(=O)c3c(C)cc(C)cc3C)ccc21. The Morgan fingerprint density at radius 3 is 2.20 bits per heavy atom. The molecule has 0 bridgehead atoms. The van der Waals surface area contributed by atoms with Crippen molar-refractivity contribution in [1.82, 2.24) is 8.87 Å². The third kappa shape index (κ3) is 5.37. The van der Waals surface area contributed by atoms with Crippen molar-refractivity contribution in [2.75, 3.05) is 11.9 Å². The van der Waals surface area contributed by atoms with Gasteiger partial charge in [0.25, 0.3) is 0 Å². The van der Waals surface area contributed by atoms with Gasteiger partial charge in [-0.1, -0.05) is 59.6 Å². The van der Waals surface area contributed by atoms with Gasteiger partial charge in [0.2, 0.25) is 15.9 Å². The van der Waals surface area contributed by atoms with Crippen molar-refractivity contribution in [1.29, 1.82) is 0 Å². The average Bonchev–Trinajstić information content (AvgIpc) is 3.21. The Morgan fingerprint density at radius 1 is 0.875 bits per heavy atom. The Morgan fingerprint density at radius 2 is 1.52 bits per heavy atom. The first kappa shape index (κ1) is 27.9. The predicted octanol–water partition coefficient (Wildman–Crippen LogP) is 7.22. The van der Waals surface area contributed by atoms with Crippen LogP contribution in [-0.2, 0) is 27.9 Å². The Hall–Kier alpha value is -3.65. The summed E-state index contributed by atoms with van der Waals surface area (Å²) in [4.78, 5) is 13.6. The van der Waals surface area contributed by atoms with E-state index >= 15 is 0 Å². The van der Waals surface area contributed by atoms with Crippen LogP contribution in [0.15, 0.2) is 83.8 Å². The predicted molar refractivity (Wildman–Crippen MR) is 163 cm³/mol. The summed E-state index contributed by atoms with van der Waals surface area (Å²) in [7, 11) is -4.00. The Bertz CT molecular complexity index is 1820. The summed E-state index contributed by atoms with van der Waals surface area (Å²) < 4.78 is 31.5. The number of rotatable bonds is 8. The summed E-state index contributed by atoms with van der Waals surface area (Å²) >= 11 is 6.06. The molecule has 40 heavy (non-hydrogen) atoms. The highest BCUT2D eigenvalue weighted by Crippen LogP contribution is 2.31. The molecule has 6 nitrogen and oxygen atoms in total. The van der Waals surface area contributed by atoms with Crippen molar-refractivity contribution in [3.05, 3.63) is 106 Å². The van der Waals surface area contributed by atoms with Crippen LogP contribution in [0.3, 0.4) is 0 Å². The van der Waals surface area contributed by atoms with Gasteiger partial charge < -0.3 is 9.88 Å². The molecule has 206 valence electrons. The quantitative estimate of drug-likeness (QED) is 0.213. The van der Waals surface area contributed by atoms with Crippen molar-refractivity contribution in [3.63, 3.8) is 0 Å². The van der Waals surface area contributed by atoms with Crippen LogP contribution in [0.2, 0.25) is 5.02 Å². The Balaban J connectivity index is 1.48. The molecule has 0 aliphatic carbocycles. The average molecular weight is 574 g/mol. The molecule has 0 aliphatic heterocycles. The standard InChI is InChI=1S/C32H32ClN3O3S/c1-5-36-29-9-7-6-8-27(29)28-18-26(14-15-30(28)36)34-31(37)20-35(19-24-10-12-25(33)13-11-24)40(38,39)32-22(3)16-21(2)17-23(32)4/h6-18H,5,19-20H2,1-4H3,(H,34,37). The highest BCUT2D eigenvalue weighted by atomic mass is 35.5. The summed E-state index contributed by atoms with van der Waals surface area (Å²) in [5, 5.41) is 5.63. The van der Waals surface area contributed by atoms with E-state index in [4.69, 9.17) is 11.6 Å². The van der Waals surface area contributed by atoms with Crippen LogP contribution in [0.5, 0.6) is 0 Å². The lowest BCUT2D eigenvalue weighted by Crippen LogP contribution is -2.38. The summed E-state index contributed by atoms with van der Waals surface area (Å²) in [6.45, 7) is 8.13. The fourth-order valence-electron chi connectivity index (χ4n) is 5.55. The number of carbonyl (C=O) groups excluding carboxylic acids is 1. The van der Waals surface area contributed by atoms with Crippen molar-refractivity contribution >= 4 is 55.0 Å². The number of nitrogens with one attached hydrogen (secondary N) is 1. The number of hydrogen-bond donors (Lipinski definition) is 1. The zero-order chi connectivity index (χ0) is 28.6. The third-order valence-electron chi connectivity index (χ3n) is 7.17. The van der Waals surface area contributed by atoms with Gasteiger partial charge in [-0.15, -0.1) is 0 Å². The summed E-state index contributed by atoms with van der Waals surface area (Å²) in [6.07, 6.45) is 0. The van der Waals surface area contributed by atoms with Crippen LogP contribution < -0.4 is 5.32 Å². The molecule has 0 aliphatic rings. The van der Waals surface area contributed by atoms with Crippen molar-refractivity contribution in [2.24, 2.45) is 0 Å².